The lowest BCUT2D eigenvalue weighted by molar-refractivity contribution is -0.123. The summed E-state index contributed by atoms with van der Waals surface area (Å²) in [5.74, 6) is -2.82. The van der Waals surface area contributed by atoms with E-state index < -0.39 is 23.7 Å². The quantitative estimate of drug-likeness (QED) is 0.289. The fourth-order valence-corrected chi connectivity index (χ4v) is 7.11. The molecule has 1 N–H and O–H groups in total. The van der Waals surface area contributed by atoms with Crippen molar-refractivity contribution in [2.75, 3.05) is 4.90 Å². The van der Waals surface area contributed by atoms with Crippen molar-refractivity contribution in [3.05, 3.63) is 107 Å². The molecule has 39 heavy (non-hydrogen) atoms. The van der Waals surface area contributed by atoms with E-state index in [0.717, 1.165) is 16.5 Å². The van der Waals surface area contributed by atoms with Crippen LogP contribution in [0.3, 0.4) is 0 Å². The second-order valence-electron chi connectivity index (χ2n) is 10.8. The van der Waals surface area contributed by atoms with Crippen LogP contribution < -0.4 is 4.90 Å². The van der Waals surface area contributed by atoms with Gasteiger partial charge in [-0.25, -0.2) is 0 Å². The number of Topliss-reactive ketones (excluding diaryl/α,β-unsaturated/α-hetero) is 1. The number of carbonyl (C=O) groups excluding carboxylic acids is 4. The van der Waals surface area contributed by atoms with E-state index in [1.807, 2.05) is 42.5 Å². The monoisotopic (exact) mass is 515 g/mol. The number of phenols is 1. The summed E-state index contributed by atoms with van der Waals surface area (Å²) in [5, 5.41) is 12.0. The fraction of sp³-hybridized carbons (Fsp3) is 0.212. The number of hydrogen-bond acceptors (Lipinski definition) is 5. The summed E-state index contributed by atoms with van der Waals surface area (Å²) < 4.78 is 0. The van der Waals surface area contributed by atoms with Gasteiger partial charge < -0.3 is 5.11 Å². The number of anilines is 1. The third-order valence-corrected chi connectivity index (χ3v) is 8.82. The van der Waals surface area contributed by atoms with Crippen LogP contribution in [0, 0.1) is 17.8 Å². The van der Waals surface area contributed by atoms with Gasteiger partial charge in [-0.3, -0.25) is 24.1 Å². The Hall–Kier alpha value is -4.58. The number of amides is 2. The zero-order chi connectivity index (χ0) is 27.0. The molecule has 1 heterocycles. The van der Waals surface area contributed by atoms with Gasteiger partial charge in [0.2, 0.25) is 11.8 Å². The number of ketones is 2. The number of imide groups is 1. The lowest BCUT2D eigenvalue weighted by atomic mass is 9.59. The summed E-state index contributed by atoms with van der Waals surface area (Å²) in [4.78, 5) is 55.8. The molecule has 0 saturated carbocycles. The predicted octanol–water partition coefficient (Wildman–Crippen LogP) is 5.18. The van der Waals surface area contributed by atoms with E-state index in [0.29, 0.717) is 34.2 Å². The summed E-state index contributed by atoms with van der Waals surface area (Å²) >= 11 is 0. The average molecular weight is 516 g/mol. The van der Waals surface area contributed by atoms with Gasteiger partial charge in [-0.05, 0) is 60.9 Å². The third kappa shape index (κ3) is 3.27. The predicted molar refractivity (Wildman–Crippen MR) is 146 cm³/mol. The van der Waals surface area contributed by atoms with Crippen molar-refractivity contribution in [3.8, 4) is 5.75 Å². The van der Waals surface area contributed by atoms with Gasteiger partial charge in [0.15, 0.2) is 11.6 Å². The van der Waals surface area contributed by atoms with Crippen molar-refractivity contribution in [2.24, 2.45) is 17.8 Å². The number of hydrogen-bond donors (Lipinski definition) is 1. The molecule has 0 aromatic heterocycles. The van der Waals surface area contributed by atoms with Gasteiger partial charge in [-0.1, -0.05) is 60.2 Å². The number of benzene rings is 3. The fourth-order valence-electron chi connectivity index (χ4n) is 7.11. The maximum Gasteiger partial charge on any atom is 0.238 e. The SMILES string of the molecule is CC1=CC(=O)C2=C(C1=O)C(c1ccc(O)c3ccccc13)C1=CCC3C(=O)N(c4ccccc4)C(=O)C3C1C2. The molecule has 4 unspecified atom stereocenters. The number of fused-ring (bicyclic) bond motifs is 4. The van der Waals surface area contributed by atoms with E-state index in [9.17, 15) is 24.3 Å². The minimum atomic E-state index is -0.618. The smallest absolute Gasteiger partial charge is 0.238 e. The van der Waals surface area contributed by atoms with Crippen LogP contribution in [-0.4, -0.2) is 28.5 Å². The highest BCUT2D eigenvalue weighted by Gasteiger charge is 2.56. The molecule has 0 spiro atoms. The largest absolute Gasteiger partial charge is 0.507 e. The molecule has 0 bridgehead atoms. The van der Waals surface area contributed by atoms with Gasteiger partial charge in [-0.2, -0.15) is 0 Å². The summed E-state index contributed by atoms with van der Waals surface area (Å²) in [6.45, 7) is 1.66. The zero-order valence-corrected chi connectivity index (χ0v) is 21.3. The normalized spacial score (nSPS) is 26.3. The first-order valence-electron chi connectivity index (χ1n) is 13.2. The van der Waals surface area contributed by atoms with E-state index in [-0.39, 0.29) is 35.6 Å². The van der Waals surface area contributed by atoms with Crippen molar-refractivity contribution in [3.63, 3.8) is 0 Å². The van der Waals surface area contributed by atoms with Crippen LogP contribution in [0.4, 0.5) is 5.69 Å². The number of nitrogens with zero attached hydrogens (tertiary/aromatic N) is 1. The molecule has 6 heteroatoms. The van der Waals surface area contributed by atoms with Gasteiger partial charge >= 0.3 is 0 Å². The van der Waals surface area contributed by atoms with Crippen molar-refractivity contribution < 1.29 is 24.3 Å². The minimum Gasteiger partial charge on any atom is -0.507 e. The topological polar surface area (TPSA) is 91.8 Å². The van der Waals surface area contributed by atoms with Crippen molar-refractivity contribution in [2.45, 2.75) is 25.7 Å². The third-order valence-electron chi connectivity index (χ3n) is 8.82. The first-order chi connectivity index (χ1) is 18.9. The number of rotatable bonds is 2. The maximum atomic E-state index is 13.9. The highest BCUT2D eigenvalue weighted by molar-refractivity contribution is 6.25. The molecule has 4 aliphatic rings. The number of allylic oxidation sites excluding steroid dienone is 6. The second kappa shape index (κ2) is 8.46. The van der Waals surface area contributed by atoms with E-state index in [1.165, 1.54) is 11.0 Å². The molecule has 7 rings (SSSR count). The molecular weight excluding hydrogens is 490 g/mol. The summed E-state index contributed by atoms with van der Waals surface area (Å²) in [6.07, 6.45) is 4.04. The molecule has 192 valence electrons. The van der Waals surface area contributed by atoms with Crippen LogP contribution in [0.15, 0.2) is 101 Å². The molecule has 4 atom stereocenters. The maximum absolute atomic E-state index is 13.9. The van der Waals surface area contributed by atoms with Crippen molar-refractivity contribution >= 4 is 39.8 Å². The minimum absolute atomic E-state index is 0.130. The van der Waals surface area contributed by atoms with Crippen LogP contribution in [0.5, 0.6) is 5.75 Å². The average Bonchev–Trinajstić information content (AvgIpc) is 3.21. The molecule has 3 aromatic rings. The number of aromatic hydroxyl groups is 1. The van der Waals surface area contributed by atoms with Gasteiger partial charge in [0, 0.05) is 28.0 Å². The Labute approximate surface area is 224 Å². The summed E-state index contributed by atoms with van der Waals surface area (Å²) in [7, 11) is 0. The van der Waals surface area contributed by atoms with Crippen LogP contribution in [0.1, 0.15) is 31.2 Å². The summed E-state index contributed by atoms with van der Waals surface area (Å²) in [6, 6.07) is 19.8. The molecule has 0 radical (unpaired) electrons. The zero-order valence-electron chi connectivity index (χ0n) is 21.3. The second-order valence-corrected chi connectivity index (χ2v) is 10.8. The number of phenolic OH excluding ortho intramolecular Hbond substituents is 1. The Bertz CT molecular complexity index is 1730. The van der Waals surface area contributed by atoms with Crippen molar-refractivity contribution in [1.29, 1.82) is 0 Å². The molecule has 1 fully saturated rings. The standard InChI is InChI=1S/C33H25NO5/c1-17-15-27(36)25-16-24-22(11-12-23-29(24)33(39)34(32(23)38)18-7-3-2-4-8-18)28(30(25)31(17)37)21-13-14-26(35)20-10-6-5-9-19(20)21/h2-11,13-15,23-24,28-29,35H,12,16H2,1H3. The molecule has 2 amide bonds. The van der Waals surface area contributed by atoms with Gasteiger partial charge in [0.05, 0.1) is 17.5 Å². The van der Waals surface area contributed by atoms with Crippen LogP contribution in [0.25, 0.3) is 10.8 Å². The highest BCUT2D eigenvalue weighted by Crippen LogP contribution is 2.56. The van der Waals surface area contributed by atoms with E-state index >= 15 is 0 Å². The Balaban J connectivity index is 1.43. The molecule has 6 nitrogen and oxygen atoms in total. The molecular formula is C33H25NO5. The first kappa shape index (κ1) is 23.5. The molecule has 3 aromatic carbocycles. The van der Waals surface area contributed by atoms with E-state index in [1.54, 1.807) is 37.3 Å². The van der Waals surface area contributed by atoms with Gasteiger partial charge in [0.25, 0.3) is 0 Å². The number of carbonyl (C=O) groups is 4. The first-order valence-corrected chi connectivity index (χ1v) is 13.2. The van der Waals surface area contributed by atoms with Crippen LogP contribution in [0.2, 0.25) is 0 Å². The number of para-hydroxylation sites is 1. The lowest BCUT2D eigenvalue weighted by Crippen LogP contribution is -2.39. The van der Waals surface area contributed by atoms with E-state index in [2.05, 4.69) is 0 Å². The Morgan fingerprint density at radius 3 is 2.31 bits per heavy atom. The lowest BCUT2D eigenvalue weighted by Gasteiger charge is -2.42. The Morgan fingerprint density at radius 2 is 1.54 bits per heavy atom. The van der Waals surface area contributed by atoms with Gasteiger partial charge in [0.1, 0.15) is 5.75 Å². The Morgan fingerprint density at radius 1 is 0.821 bits per heavy atom. The Kier molecular flexibility index (Phi) is 5.11. The van der Waals surface area contributed by atoms with E-state index in [4.69, 9.17) is 0 Å². The van der Waals surface area contributed by atoms with Gasteiger partial charge in [-0.15, -0.1) is 0 Å². The van der Waals surface area contributed by atoms with Crippen LogP contribution in [-0.2, 0) is 19.2 Å². The van der Waals surface area contributed by atoms with Crippen LogP contribution >= 0.6 is 0 Å². The summed E-state index contributed by atoms with van der Waals surface area (Å²) in [5.41, 5.74) is 3.52. The molecule has 3 aliphatic carbocycles. The highest BCUT2D eigenvalue weighted by atomic mass is 16.3. The van der Waals surface area contributed by atoms with Crippen molar-refractivity contribution in [1.82, 2.24) is 0 Å². The molecule has 1 aliphatic heterocycles. The molecule has 1 saturated heterocycles.